The summed E-state index contributed by atoms with van der Waals surface area (Å²) in [6, 6.07) is 2.00. The maximum Gasteiger partial charge on any atom is 0.260 e. The Morgan fingerprint density at radius 1 is 1.29 bits per heavy atom. The van der Waals surface area contributed by atoms with Crippen LogP contribution in [0.2, 0.25) is 0 Å². The molecule has 0 aromatic heterocycles. The minimum Gasteiger partial charge on any atom is -0.396 e. The van der Waals surface area contributed by atoms with Crippen LogP contribution in [-0.4, -0.2) is 35.1 Å². The lowest BCUT2D eigenvalue weighted by Gasteiger charge is -2.34. The largest absolute Gasteiger partial charge is 0.396 e. The van der Waals surface area contributed by atoms with Crippen molar-refractivity contribution >= 4 is 11.6 Å². The van der Waals surface area contributed by atoms with Gasteiger partial charge in [0.2, 0.25) is 0 Å². The maximum atomic E-state index is 14.0. The topological polar surface area (TPSA) is 66.6 Å². The van der Waals surface area contributed by atoms with Crippen LogP contribution in [0.1, 0.15) is 42.5 Å². The number of benzene rings is 1. The molecule has 1 aromatic carbocycles. The van der Waals surface area contributed by atoms with Gasteiger partial charge in [0.15, 0.2) is 5.82 Å². The maximum absolute atomic E-state index is 14.0. The lowest BCUT2D eigenvalue weighted by molar-refractivity contribution is 0.0576. The summed E-state index contributed by atoms with van der Waals surface area (Å²) < 4.78 is 27.8. The van der Waals surface area contributed by atoms with E-state index in [2.05, 4.69) is 0 Å². The number of hydrogen-bond donors (Lipinski definition) is 2. The average molecular weight is 298 g/mol. The first-order chi connectivity index (χ1) is 10.1. The van der Waals surface area contributed by atoms with E-state index in [0.717, 1.165) is 44.2 Å². The molecule has 4 nitrogen and oxygen atoms in total. The van der Waals surface area contributed by atoms with E-state index in [1.54, 1.807) is 0 Å². The molecule has 0 heterocycles. The van der Waals surface area contributed by atoms with E-state index in [1.165, 1.54) is 4.90 Å². The number of aliphatic hydroxyl groups excluding tert-OH is 1. The van der Waals surface area contributed by atoms with E-state index in [0.29, 0.717) is 0 Å². The van der Waals surface area contributed by atoms with Crippen molar-refractivity contribution < 1.29 is 18.7 Å². The third-order valence-electron chi connectivity index (χ3n) is 3.95. The molecular formula is C15H20F2N2O2. The number of amides is 1. The summed E-state index contributed by atoms with van der Waals surface area (Å²) in [7, 11) is 0. The van der Waals surface area contributed by atoms with E-state index in [4.69, 9.17) is 10.8 Å². The molecule has 1 fully saturated rings. The van der Waals surface area contributed by atoms with Crippen LogP contribution in [0.3, 0.4) is 0 Å². The quantitative estimate of drug-likeness (QED) is 0.838. The zero-order valence-electron chi connectivity index (χ0n) is 11.8. The van der Waals surface area contributed by atoms with E-state index in [1.807, 2.05) is 0 Å². The zero-order chi connectivity index (χ0) is 15.4. The first-order valence-electron chi connectivity index (χ1n) is 7.21. The fourth-order valence-electron chi connectivity index (χ4n) is 2.86. The Bertz CT molecular complexity index is 517. The van der Waals surface area contributed by atoms with Gasteiger partial charge in [-0.15, -0.1) is 0 Å². The lowest BCUT2D eigenvalue weighted by Crippen LogP contribution is -2.43. The first kappa shape index (κ1) is 15.7. The number of nitrogens with zero attached hydrogens (tertiary/aromatic N) is 1. The Morgan fingerprint density at radius 2 is 1.95 bits per heavy atom. The molecule has 1 aromatic rings. The number of aliphatic hydroxyl groups is 1. The van der Waals surface area contributed by atoms with Gasteiger partial charge in [0.1, 0.15) is 11.4 Å². The number of halogens is 2. The zero-order valence-corrected chi connectivity index (χ0v) is 11.8. The van der Waals surface area contributed by atoms with Gasteiger partial charge in [0.25, 0.3) is 5.91 Å². The van der Waals surface area contributed by atoms with Gasteiger partial charge >= 0.3 is 0 Å². The van der Waals surface area contributed by atoms with Crippen molar-refractivity contribution in [3.63, 3.8) is 0 Å². The lowest BCUT2D eigenvalue weighted by atomic mass is 9.93. The van der Waals surface area contributed by atoms with Crippen LogP contribution in [0.25, 0.3) is 0 Å². The van der Waals surface area contributed by atoms with Crippen LogP contribution in [0.15, 0.2) is 12.1 Å². The van der Waals surface area contributed by atoms with Gasteiger partial charge in [-0.3, -0.25) is 4.79 Å². The number of carbonyl (C=O) groups is 1. The summed E-state index contributed by atoms with van der Waals surface area (Å²) in [5, 5.41) is 9.15. The van der Waals surface area contributed by atoms with Crippen LogP contribution in [0, 0.1) is 11.6 Å². The van der Waals surface area contributed by atoms with Crippen molar-refractivity contribution in [2.24, 2.45) is 0 Å². The molecule has 3 N–H and O–H groups in total. The molecule has 116 valence electrons. The summed E-state index contributed by atoms with van der Waals surface area (Å²) in [5.74, 6) is -2.69. The van der Waals surface area contributed by atoms with Crippen LogP contribution >= 0.6 is 0 Å². The highest BCUT2D eigenvalue weighted by Gasteiger charge is 2.30. The third-order valence-corrected chi connectivity index (χ3v) is 3.95. The smallest absolute Gasteiger partial charge is 0.260 e. The molecule has 1 aliphatic rings. The fraction of sp³-hybridized carbons (Fsp3) is 0.533. The van der Waals surface area contributed by atoms with Gasteiger partial charge in [-0.25, -0.2) is 8.78 Å². The second-order valence-corrected chi connectivity index (χ2v) is 5.34. The molecule has 21 heavy (non-hydrogen) atoms. The molecule has 0 spiro atoms. The summed E-state index contributed by atoms with van der Waals surface area (Å²) in [6.45, 7) is -0.176. The second kappa shape index (κ2) is 6.85. The molecular weight excluding hydrogens is 278 g/mol. The normalized spacial score (nSPS) is 16.0. The number of rotatable bonds is 4. The van der Waals surface area contributed by atoms with Crippen LogP contribution in [0.4, 0.5) is 14.5 Å². The highest BCUT2D eigenvalue weighted by atomic mass is 19.1. The van der Waals surface area contributed by atoms with Gasteiger partial charge in [-0.05, 0) is 25.0 Å². The standard InChI is InChI=1S/C15H20F2N2O2/c16-11-6-7-12(18)14(17)13(11)15(21)19(8-9-20)10-4-2-1-3-5-10/h6-7,10,20H,1-5,8-9,18H2. The van der Waals surface area contributed by atoms with E-state index in [-0.39, 0.29) is 24.9 Å². The molecule has 1 amide bonds. The Morgan fingerprint density at radius 3 is 2.57 bits per heavy atom. The number of carbonyl (C=O) groups excluding carboxylic acids is 1. The molecule has 0 atom stereocenters. The van der Waals surface area contributed by atoms with Crippen molar-refractivity contribution in [3.8, 4) is 0 Å². The van der Waals surface area contributed by atoms with Gasteiger partial charge < -0.3 is 15.7 Å². The molecule has 1 saturated carbocycles. The first-order valence-corrected chi connectivity index (χ1v) is 7.21. The molecule has 6 heteroatoms. The Kier molecular flexibility index (Phi) is 5.12. The van der Waals surface area contributed by atoms with Crippen molar-refractivity contribution in [1.29, 1.82) is 0 Å². The Labute approximate surface area is 122 Å². The van der Waals surface area contributed by atoms with Gasteiger partial charge in [-0.2, -0.15) is 0 Å². The third kappa shape index (κ3) is 3.32. The predicted octanol–water partition coefficient (Wildman–Crippen LogP) is 2.31. The minimum absolute atomic E-state index is 0.0666. The molecule has 0 radical (unpaired) electrons. The SMILES string of the molecule is Nc1ccc(F)c(C(=O)N(CCO)C2CCCCC2)c1F. The summed E-state index contributed by atoms with van der Waals surface area (Å²) >= 11 is 0. The minimum atomic E-state index is -1.03. The van der Waals surface area contributed by atoms with Gasteiger partial charge in [0, 0.05) is 12.6 Å². The van der Waals surface area contributed by atoms with Gasteiger partial charge in [-0.1, -0.05) is 19.3 Å². The Hall–Kier alpha value is -1.69. The molecule has 0 saturated heterocycles. The van der Waals surface area contributed by atoms with Crippen molar-refractivity contribution in [2.45, 2.75) is 38.1 Å². The molecule has 0 unspecified atom stereocenters. The summed E-state index contributed by atoms with van der Waals surface area (Å²) in [4.78, 5) is 13.9. The van der Waals surface area contributed by atoms with Crippen LogP contribution < -0.4 is 5.73 Å². The van der Waals surface area contributed by atoms with Crippen molar-refractivity contribution in [2.75, 3.05) is 18.9 Å². The molecule has 2 rings (SSSR count). The van der Waals surface area contributed by atoms with E-state index >= 15 is 0 Å². The number of anilines is 1. The van der Waals surface area contributed by atoms with E-state index < -0.39 is 23.1 Å². The predicted molar refractivity (Wildman–Crippen MR) is 75.8 cm³/mol. The number of hydrogen-bond acceptors (Lipinski definition) is 3. The molecule has 0 aliphatic heterocycles. The number of nitrogen functional groups attached to an aromatic ring is 1. The summed E-state index contributed by atoms with van der Waals surface area (Å²) in [6.07, 6.45) is 4.62. The monoisotopic (exact) mass is 298 g/mol. The molecule has 0 bridgehead atoms. The fourth-order valence-corrected chi connectivity index (χ4v) is 2.86. The van der Waals surface area contributed by atoms with E-state index in [9.17, 15) is 13.6 Å². The highest BCUT2D eigenvalue weighted by Crippen LogP contribution is 2.26. The number of nitrogens with two attached hydrogens (primary N) is 1. The van der Waals surface area contributed by atoms with Gasteiger partial charge in [0.05, 0.1) is 12.3 Å². The highest BCUT2D eigenvalue weighted by molar-refractivity contribution is 5.96. The molecule has 1 aliphatic carbocycles. The van der Waals surface area contributed by atoms with Crippen LogP contribution in [-0.2, 0) is 0 Å². The summed E-state index contributed by atoms with van der Waals surface area (Å²) in [5.41, 5.74) is 4.53. The van der Waals surface area contributed by atoms with Crippen LogP contribution in [0.5, 0.6) is 0 Å². The average Bonchev–Trinajstić information content (AvgIpc) is 2.49. The Balaban J connectivity index is 2.32. The van der Waals surface area contributed by atoms with Crippen molar-refractivity contribution in [3.05, 3.63) is 29.3 Å². The second-order valence-electron chi connectivity index (χ2n) is 5.34. The van der Waals surface area contributed by atoms with Crippen molar-refractivity contribution in [1.82, 2.24) is 4.90 Å².